The number of benzene rings is 2. The fourth-order valence-corrected chi connectivity index (χ4v) is 2.56. The average Bonchev–Trinajstić information content (AvgIpc) is 2.39. The van der Waals surface area contributed by atoms with Gasteiger partial charge in [-0.05, 0) is 56.0 Å². The number of nitrogens with one attached hydrogen (secondary N) is 1. The first-order valence-corrected chi connectivity index (χ1v) is 6.99. The smallest absolute Gasteiger partial charge is 0.252 e. The molecule has 3 heteroatoms. The molecule has 0 unspecified atom stereocenters. The molecule has 0 fully saturated rings. The molecule has 0 saturated carbocycles. The maximum absolute atomic E-state index is 13.5. The number of hydrogen-bond acceptors (Lipinski definition) is 1. The van der Waals surface area contributed by atoms with Gasteiger partial charge in [0.15, 0.2) is 0 Å². The standard InChI is InChI=1S/C18H20FNO/c1-11-7-13(3)17(14(4)8-11)18(21)20-10-15-6-5-12(2)16(19)9-15/h5-9H,10H2,1-4H3,(H,20,21). The van der Waals surface area contributed by atoms with Gasteiger partial charge in [0.2, 0.25) is 0 Å². The fraction of sp³-hybridized carbons (Fsp3) is 0.278. The van der Waals surface area contributed by atoms with Crippen molar-refractivity contribution in [3.05, 3.63) is 69.5 Å². The predicted octanol–water partition coefficient (Wildman–Crippen LogP) is 3.99. The molecular weight excluding hydrogens is 265 g/mol. The van der Waals surface area contributed by atoms with Crippen LogP contribution in [0.5, 0.6) is 0 Å². The first-order chi connectivity index (χ1) is 9.88. The highest BCUT2D eigenvalue weighted by molar-refractivity contribution is 5.97. The van der Waals surface area contributed by atoms with Crippen LogP contribution in [-0.4, -0.2) is 5.91 Å². The Morgan fingerprint density at radius 3 is 2.19 bits per heavy atom. The van der Waals surface area contributed by atoms with Crippen molar-refractivity contribution in [3.63, 3.8) is 0 Å². The second-order valence-electron chi connectivity index (χ2n) is 5.54. The zero-order chi connectivity index (χ0) is 15.6. The van der Waals surface area contributed by atoms with Gasteiger partial charge < -0.3 is 5.32 Å². The molecule has 1 N–H and O–H groups in total. The van der Waals surface area contributed by atoms with Crippen LogP contribution < -0.4 is 5.32 Å². The van der Waals surface area contributed by atoms with E-state index in [1.165, 1.54) is 6.07 Å². The van der Waals surface area contributed by atoms with Gasteiger partial charge in [0.05, 0.1) is 0 Å². The molecule has 2 nitrogen and oxygen atoms in total. The van der Waals surface area contributed by atoms with E-state index in [0.717, 1.165) is 22.3 Å². The Morgan fingerprint density at radius 2 is 1.62 bits per heavy atom. The molecule has 0 spiro atoms. The van der Waals surface area contributed by atoms with Gasteiger partial charge >= 0.3 is 0 Å². The van der Waals surface area contributed by atoms with Crippen molar-refractivity contribution >= 4 is 5.91 Å². The quantitative estimate of drug-likeness (QED) is 0.907. The first kappa shape index (κ1) is 15.2. The molecule has 110 valence electrons. The van der Waals surface area contributed by atoms with Crippen LogP contribution in [-0.2, 0) is 6.54 Å². The highest BCUT2D eigenvalue weighted by Crippen LogP contribution is 2.16. The van der Waals surface area contributed by atoms with Gasteiger partial charge in [0.25, 0.3) is 5.91 Å². The predicted molar refractivity (Wildman–Crippen MR) is 83.0 cm³/mol. The van der Waals surface area contributed by atoms with E-state index in [4.69, 9.17) is 0 Å². The molecule has 2 aromatic rings. The van der Waals surface area contributed by atoms with Crippen molar-refractivity contribution in [1.82, 2.24) is 5.32 Å². The van der Waals surface area contributed by atoms with Crippen molar-refractivity contribution in [2.24, 2.45) is 0 Å². The van der Waals surface area contributed by atoms with Crippen molar-refractivity contribution < 1.29 is 9.18 Å². The lowest BCUT2D eigenvalue weighted by Gasteiger charge is -2.12. The van der Waals surface area contributed by atoms with Crippen molar-refractivity contribution in [2.45, 2.75) is 34.2 Å². The van der Waals surface area contributed by atoms with Crippen LogP contribution in [0.3, 0.4) is 0 Å². The molecule has 0 radical (unpaired) electrons. The minimum absolute atomic E-state index is 0.119. The summed E-state index contributed by atoms with van der Waals surface area (Å²) in [4.78, 5) is 12.3. The summed E-state index contributed by atoms with van der Waals surface area (Å²) in [5, 5.41) is 2.86. The molecule has 0 bridgehead atoms. The molecule has 0 heterocycles. The summed E-state index contributed by atoms with van der Waals surface area (Å²) in [6.45, 7) is 7.91. The normalized spacial score (nSPS) is 10.5. The van der Waals surface area contributed by atoms with Crippen LogP contribution in [0.4, 0.5) is 4.39 Å². The van der Waals surface area contributed by atoms with Crippen LogP contribution in [0.25, 0.3) is 0 Å². The Balaban J connectivity index is 2.13. The first-order valence-electron chi connectivity index (χ1n) is 6.99. The number of halogens is 1. The Kier molecular flexibility index (Phi) is 4.41. The molecule has 0 atom stereocenters. The largest absolute Gasteiger partial charge is 0.348 e. The van der Waals surface area contributed by atoms with E-state index in [-0.39, 0.29) is 11.7 Å². The Bertz CT molecular complexity index is 669. The van der Waals surface area contributed by atoms with Crippen molar-refractivity contribution in [3.8, 4) is 0 Å². The van der Waals surface area contributed by atoms with E-state index in [0.29, 0.717) is 17.7 Å². The van der Waals surface area contributed by atoms with Gasteiger partial charge in [-0.2, -0.15) is 0 Å². The number of aryl methyl sites for hydroxylation is 4. The minimum Gasteiger partial charge on any atom is -0.348 e. The summed E-state index contributed by atoms with van der Waals surface area (Å²) < 4.78 is 13.5. The Labute approximate surface area is 125 Å². The number of rotatable bonds is 3. The molecule has 1 amide bonds. The van der Waals surface area contributed by atoms with Gasteiger partial charge in [0, 0.05) is 12.1 Å². The lowest BCUT2D eigenvalue weighted by Crippen LogP contribution is -2.24. The van der Waals surface area contributed by atoms with E-state index in [1.54, 1.807) is 13.0 Å². The lowest BCUT2D eigenvalue weighted by molar-refractivity contribution is 0.0949. The van der Waals surface area contributed by atoms with Gasteiger partial charge in [-0.25, -0.2) is 4.39 Å². The number of amides is 1. The molecule has 21 heavy (non-hydrogen) atoms. The molecule has 0 aliphatic carbocycles. The molecular formula is C18H20FNO. The number of hydrogen-bond donors (Lipinski definition) is 1. The van der Waals surface area contributed by atoms with Gasteiger partial charge in [-0.3, -0.25) is 4.79 Å². The monoisotopic (exact) mass is 285 g/mol. The highest BCUT2D eigenvalue weighted by Gasteiger charge is 2.12. The third-order valence-electron chi connectivity index (χ3n) is 3.59. The minimum atomic E-state index is -0.246. The second kappa shape index (κ2) is 6.08. The maximum atomic E-state index is 13.5. The topological polar surface area (TPSA) is 29.1 Å². The Morgan fingerprint density at radius 1 is 1.00 bits per heavy atom. The van der Waals surface area contributed by atoms with Crippen LogP contribution in [0.15, 0.2) is 30.3 Å². The van der Waals surface area contributed by atoms with Crippen molar-refractivity contribution in [1.29, 1.82) is 0 Å². The summed E-state index contributed by atoms with van der Waals surface area (Å²) in [7, 11) is 0. The number of carbonyl (C=O) groups is 1. The lowest BCUT2D eigenvalue weighted by atomic mass is 9.99. The van der Waals surface area contributed by atoms with Gasteiger partial charge in [-0.1, -0.05) is 29.8 Å². The summed E-state index contributed by atoms with van der Waals surface area (Å²) >= 11 is 0. The Hall–Kier alpha value is -2.16. The second-order valence-corrected chi connectivity index (χ2v) is 5.54. The highest BCUT2D eigenvalue weighted by atomic mass is 19.1. The number of carbonyl (C=O) groups excluding carboxylic acids is 1. The molecule has 2 rings (SSSR count). The SMILES string of the molecule is Cc1cc(C)c(C(=O)NCc2ccc(C)c(F)c2)c(C)c1. The summed E-state index contributed by atoms with van der Waals surface area (Å²) in [6.07, 6.45) is 0. The average molecular weight is 285 g/mol. The zero-order valence-electron chi connectivity index (χ0n) is 12.9. The molecule has 0 saturated heterocycles. The molecule has 0 aliphatic heterocycles. The van der Waals surface area contributed by atoms with Crippen LogP contribution in [0, 0.1) is 33.5 Å². The third kappa shape index (κ3) is 3.48. The summed E-state index contributed by atoms with van der Waals surface area (Å²) in [5.41, 5.74) is 5.12. The van der Waals surface area contributed by atoms with E-state index in [1.807, 2.05) is 39.0 Å². The van der Waals surface area contributed by atoms with E-state index in [9.17, 15) is 9.18 Å². The van der Waals surface area contributed by atoms with E-state index < -0.39 is 0 Å². The van der Waals surface area contributed by atoms with E-state index in [2.05, 4.69) is 5.32 Å². The fourth-order valence-electron chi connectivity index (χ4n) is 2.56. The van der Waals surface area contributed by atoms with Crippen molar-refractivity contribution in [2.75, 3.05) is 0 Å². The molecule has 0 aromatic heterocycles. The third-order valence-corrected chi connectivity index (χ3v) is 3.59. The van der Waals surface area contributed by atoms with Gasteiger partial charge in [-0.15, -0.1) is 0 Å². The zero-order valence-corrected chi connectivity index (χ0v) is 12.9. The van der Waals surface area contributed by atoms with Crippen LogP contribution in [0.1, 0.15) is 38.2 Å². The summed E-state index contributed by atoms with van der Waals surface area (Å²) in [6, 6.07) is 9.00. The summed E-state index contributed by atoms with van der Waals surface area (Å²) in [5.74, 6) is -0.365. The molecule has 2 aromatic carbocycles. The molecule has 0 aliphatic rings. The van der Waals surface area contributed by atoms with Gasteiger partial charge in [0.1, 0.15) is 5.82 Å². The van der Waals surface area contributed by atoms with Crippen LogP contribution >= 0.6 is 0 Å². The maximum Gasteiger partial charge on any atom is 0.252 e. The van der Waals surface area contributed by atoms with E-state index >= 15 is 0 Å². The van der Waals surface area contributed by atoms with Crippen LogP contribution in [0.2, 0.25) is 0 Å².